The molecule has 3 rings (SSSR count). The van der Waals surface area contributed by atoms with E-state index in [4.69, 9.17) is 16.3 Å². The second-order valence-electron chi connectivity index (χ2n) is 5.69. The molecule has 0 fully saturated rings. The molecule has 0 aromatic heterocycles. The minimum Gasteiger partial charge on any atom is -0.488 e. The van der Waals surface area contributed by atoms with E-state index in [2.05, 4.69) is 5.32 Å². The molecule has 0 saturated carbocycles. The van der Waals surface area contributed by atoms with Crippen molar-refractivity contribution in [1.29, 1.82) is 0 Å². The molecule has 0 unspecified atom stereocenters. The van der Waals surface area contributed by atoms with Gasteiger partial charge in [-0.25, -0.2) is 0 Å². The summed E-state index contributed by atoms with van der Waals surface area (Å²) in [5.74, 6) is 0.193. The second-order valence-corrected chi connectivity index (χ2v) is 6.10. The van der Waals surface area contributed by atoms with E-state index in [1.807, 2.05) is 24.3 Å². The number of para-hydroxylation sites is 1. The number of aliphatic hydroxyl groups excluding tert-OH is 1. The maximum Gasteiger partial charge on any atom is 0.259 e. The second kappa shape index (κ2) is 8.52. The van der Waals surface area contributed by atoms with Crippen molar-refractivity contribution in [3.8, 4) is 5.75 Å². The maximum absolute atomic E-state index is 12.6. The smallest absolute Gasteiger partial charge is 0.259 e. The van der Waals surface area contributed by atoms with Crippen LogP contribution in [0, 0.1) is 0 Å². The van der Waals surface area contributed by atoms with Crippen molar-refractivity contribution < 1.29 is 14.6 Å². The van der Waals surface area contributed by atoms with Gasteiger partial charge in [-0.3, -0.25) is 4.79 Å². The zero-order valence-electron chi connectivity index (χ0n) is 14.0. The fourth-order valence-corrected chi connectivity index (χ4v) is 2.69. The summed E-state index contributed by atoms with van der Waals surface area (Å²) in [6, 6.07) is 21.5. The van der Waals surface area contributed by atoms with E-state index >= 15 is 0 Å². The van der Waals surface area contributed by atoms with E-state index in [-0.39, 0.29) is 19.1 Å². The molecule has 1 amide bonds. The number of benzene rings is 3. The van der Waals surface area contributed by atoms with E-state index in [1.165, 1.54) is 0 Å². The summed E-state index contributed by atoms with van der Waals surface area (Å²) < 4.78 is 5.82. The average Bonchev–Trinajstić information content (AvgIpc) is 2.67. The highest BCUT2D eigenvalue weighted by molar-refractivity contribution is 6.31. The summed E-state index contributed by atoms with van der Waals surface area (Å²) in [5.41, 5.74) is 2.61. The van der Waals surface area contributed by atoms with E-state index in [1.54, 1.807) is 48.5 Å². The summed E-state index contributed by atoms with van der Waals surface area (Å²) in [7, 11) is 0. The first kappa shape index (κ1) is 18.0. The van der Waals surface area contributed by atoms with Crippen LogP contribution in [-0.2, 0) is 13.2 Å². The largest absolute Gasteiger partial charge is 0.488 e. The van der Waals surface area contributed by atoms with Gasteiger partial charge in [-0.2, -0.15) is 0 Å². The SMILES string of the molecule is O=C(Nc1cccc(CO)c1)c1ccccc1OCc1ccccc1Cl. The van der Waals surface area contributed by atoms with Crippen LogP contribution in [0.5, 0.6) is 5.75 Å². The van der Waals surface area contributed by atoms with Gasteiger partial charge in [-0.1, -0.05) is 54.1 Å². The molecule has 5 heteroatoms. The van der Waals surface area contributed by atoms with Crippen LogP contribution in [0.25, 0.3) is 0 Å². The number of hydrogen-bond acceptors (Lipinski definition) is 3. The highest BCUT2D eigenvalue weighted by Crippen LogP contribution is 2.23. The monoisotopic (exact) mass is 367 g/mol. The predicted molar refractivity (Wildman–Crippen MR) is 103 cm³/mol. The first-order valence-corrected chi connectivity index (χ1v) is 8.51. The molecule has 0 atom stereocenters. The standard InChI is InChI=1S/C21H18ClNO3/c22-19-10-3-1-7-16(19)14-26-20-11-4-2-9-18(20)21(25)23-17-8-5-6-15(12-17)13-24/h1-12,24H,13-14H2,(H,23,25). The normalized spacial score (nSPS) is 10.4. The van der Waals surface area contributed by atoms with Crippen LogP contribution in [0.2, 0.25) is 5.02 Å². The van der Waals surface area contributed by atoms with Gasteiger partial charge < -0.3 is 15.2 Å². The topological polar surface area (TPSA) is 58.6 Å². The van der Waals surface area contributed by atoms with Crippen molar-refractivity contribution in [1.82, 2.24) is 0 Å². The third-order valence-corrected chi connectivity index (χ3v) is 4.21. The molecule has 3 aromatic rings. The molecule has 132 valence electrons. The van der Waals surface area contributed by atoms with Gasteiger partial charge in [0.05, 0.1) is 12.2 Å². The van der Waals surface area contributed by atoms with Gasteiger partial charge in [0.25, 0.3) is 5.91 Å². The van der Waals surface area contributed by atoms with Crippen LogP contribution >= 0.6 is 11.6 Å². The summed E-state index contributed by atoms with van der Waals surface area (Å²) in [4.78, 5) is 12.6. The lowest BCUT2D eigenvalue weighted by molar-refractivity contribution is 0.102. The molecular formula is C21H18ClNO3. The van der Waals surface area contributed by atoms with Crippen molar-refractivity contribution in [3.63, 3.8) is 0 Å². The lowest BCUT2D eigenvalue weighted by Crippen LogP contribution is -2.14. The van der Waals surface area contributed by atoms with Crippen molar-refractivity contribution in [2.45, 2.75) is 13.2 Å². The molecule has 4 nitrogen and oxygen atoms in total. The van der Waals surface area contributed by atoms with Gasteiger partial charge in [0.2, 0.25) is 0 Å². The number of halogens is 1. The van der Waals surface area contributed by atoms with E-state index < -0.39 is 0 Å². The molecule has 0 aliphatic rings. The molecule has 0 bridgehead atoms. The van der Waals surface area contributed by atoms with Crippen molar-refractivity contribution in [2.75, 3.05) is 5.32 Å². The highest BCUT2D eigenvalue weighted by atomic mass is 35.5. The highest BCUT2D eigenvalue weighted by Gasteiger charge is 2.13. The Balaban J connectivity index is 1.75. The van der Waals surface area contributed by atoms with Gasteiger partial charge in [0, 0.05) is 16.3 Å². The molecule has 0 aliphatic heterocycles. The molecule has 26 heavy (non-hydrogen) atoms. The van der Waals surface area contributed by atoms with E-state index in [9.17, 15) is 9.90 Å². The van der Waals surface area contributed by atoms with Crippen molar-refractivity contribution in [2.24, 2.45) is 0 Å². The van der Waals surface area contributed by atoms with Crippen LogP contribution in [0.15, 0.2) is 72.8 Å². The molecule has 0 saturated heterocycles. The fraction of sp³-hybridized carbons (Fsp3) is 0.0952. The third kappa shape index (κ3) is 4.42. The summed E-state index contributed by atoms with van der Waals surface area (Å²) in [6.07, 6.45) is 0. The number of ether oxygens (including phenoxy) is 1. The lowest BCUT2D eigenvalue weighted by atomic mass is 10.1. The zero-order valence-corrected chi connectivity index (χ0v) is 14.7. The number of hydrogen-bond donors (Lipinski definition) is 2. The van der Waals surface area contributed by atoms with Gasteiger partial charge in [0.1, 0.15) is 12.4 Å². The number of carbonyl (C=O) groups excluding carboxylic acids is 1. The minimum atomic E-state index is -0.283. The Bertz CT molecular complexity index is 911. The minimum absolute atomic E-state index is 0.0821. The van der Waals surface area contributed by atoms with Crippen LogP contribution in [0.3, 0.4) is 0 Å². The number of carbonyl (C=O) groups is 1. The van der Waals surface area contributed by atoms with Gasteiger partial charge >= 0.3 is 0 Å². The molecular weight excluding hydrogens is 350 g/mol. The molecule has 0 heterocycles. The van der Waals surface area contributed by atoms with Crippen LogP contribution in [0.4, 0.5) is 5.69 Å². The first-order chi connectivity index (χ1) is 12.7. The van der Waals surface area contributed by atoms with E-state index in [0.717, 1.165) is 11.1 Å². The summed E-state index contributed by atoms with van der Waals surface area (Å²) in [6.45, 7) is 0.186. The Morgan fingerprint density at radius 3 is 2.58 bits per heavy atom. The molecule has 0 aliphatic carbocycles. The quantitative estimate of drug-likeness (QED) is 0.666. The maximum atomic E-state index is 12.6. The summed E-state index contributed by atoms with van der Waals surface area (Å²) >= 11 is 6.15. The average molecular weight is 368 g/mol. The number of rotatable bonds is 6. The van der Waals surface area contributed by atoms with Gasteiger partial charge in [-0.05, 0) is 35.9 Å². The van der Waals surface area contributed by atoms with Crippen molar-refractivity contribution in [3.05, 3.63) is 94.5 Å². The first-order valence-electron chi connectivity index (χ1n) is 8.14. The zero-order chi connectivity index (χ0) is 18.4. The van der Waals surface area contributed by atoms with Gasteiger partial charge in [0.15, 0.2) is 0 Å². The van der Waals surface area contributed by atoms with Crippen molar-refractivity contribution >= 4 is 23.2 Å². The number of anilines is 1. The lowest BCUT2D eigenvalue weighted by Gasteiger charge is -2.13. The Kier molecular flexibility index (Phi) is 5.89. The van der Waals surface area contributed by atoms with Crippen LogP contribution < -0.4 is 10.1 Å². The number of nitrogens with one attached hydrogen (secondary N) is 1. The predicted octanol–water partition coefficient (Wildman–Crippen LogP) is 4.66. The Morgan fingerprint density at radius 1 is 1.00 bits per heavy atom. The Hall–Kier alpha value is -2.82. The number of aliphatic hydroxyl groups is 1. The Morgan fingerprint density at radius 2 is 1.77 bits per heavy atom. The van der Waals surface area contributed by atoms with E-state index in [0.29, 0.717) is 22.0 Å². The summed E-state index contributed by atoms with van der Waals surface area (Å²) in [5, 5.41) is 12.7. The molecule has 2 N–H and O–H groups in total. The molecule has 0 spiro atoms. The number of amides is 1. The van der Waals surface area contributed by atoms with Gasteiger partial charge in [-0.15, -0.1) is 0 Å². The van der Waals surface area contributed by atoms with Crippen LogP contribution in [0.1, 0.15) is 21.5 Å². The Labute approximate surface area is 157 Å². The third-order valence-electron chi connectivity index (χ3n) is 3.84. The molecule has 3 aromatic carbocycles. The van der Waals surface area contributed by atoms with Crippen LogP contribution in [-0.4, -0.2) is 11.0 Å². The fourth-order valence-electron chi connectivity index (χ4n) is 2.50. The molecule has 0 radical (unpaired) electrons.